The van der Waals surface area contributed by atoms with E-state index < -0.39 is 5.91 Å². The number of carbonyl (C=O) groups excluding carboxylic acids is 2. The summed E-state index contributed by atoms with van der Waals surface area (Å²) in [6.45, 7) is 4.85. The molecule has 5 rings (SSSR count). The Morgan fingerprint density at radius 1 is 1.19 bits per heavy atom. The van der Waals surface area contributed by atoms with Gasteiger partial charge in [-0.2, -0.15) is 15.1 Å². The summed E-state index contributed by atoms with van der Waals surface area (Å²) in [6.07, 6.45) is 11.5. The number of amides is 2. The normalized spacial score (nSPS) is 17.2. The van der Waals surface area contributed by atoms with Gasteiger partial charge in [-0.3, -0.25) is 14.3 Å². The molecule has 2 fully saturated rings. The highest BCUT2D eigenvalue weighted by Gasteiger charge is 2.30. The number of nitrogens with one attached hydrogen (secondary N) is 2. The third-order valence-corrected chi connectivity index (χ3v) is 6.41. The molecule has 13 nitrogen and oxygen atoms in total. The lowest BCUT2D eigenvalue weighted by Gasteiger charge is -2.32. The van der Waals surface area contributed by atoms with Gasteiger partial charge in [0.05, 0.1) is 30.7 Å². The highest BCUT2D eigenvalue weighted by molar-refractivity contribution is 5.98. The van der Waals surface area contributed by atoms with Crippen LogP contribution in [0.4, 0.5) is 23.1 Å². The van der Waals surface area contributed by atoms with Gasteiger partial charge >= 0.3 is 0 Å². The minimum atomic E-state index is -0.679. The molecule has 3 aromatic rings. The fraction of sp³-hybridized carbons (Fsp3) is 0.375. The Hall–Kier alpha value is -4.55. The van der Waals surface area contributed by atoms with Crippen LogP contribution in [0.2, 0.25) is 0 Å². The maximum atomic E-state index is 12.1. The van der Waals surface area contributed by atoms with Gasteiger partial charge in [-0.05, 0) is 31.8 Å². The Morgan fingerprint density at radius 2 is 2.03 bits per heavy atom. The van der Waals surface area contributed by atoms with Crippen LogP contribution in [0.15, 0.2) is 37.6 Å². The summed E-state index contributed by atoms with van der Waals surface area (Å²) in [4.78, 5) is 43.3. The van der Waals surface area contributed by atoms with Crippen molar-refractivity contribution in [2.24, 2.45) is 5.73 Å². The number of ether oxygens (including phenoxy) is 1. The number of piperidine rings is 1. The zero-order valence-corrected chi connectivity index (χ0v) is 20.4. The predicted molar refractivity (Wildman–Crippen MR) is 135 cm³/mol. The van der Waals surface area contributed by atoms with Crippen LogP contribution in [0.3, 0.4) is 0 Å². The Morgan fingerprint density at radius 3 is 2.76 bits per heavy atom. The van der Waals surface area contributed by atoms with Gasteiger partial charge in [-0.25, -0.2) is 9.97 Å². The topological polar surface area (TPSA) is 166 Å². The molecule has 1 saturated heterocycles. The zero-order chi connectivity index (χ0) is 25.9. The molecule has 0 radical (unpaired) electrons. The molecule has 4 heterocycles. The molecule has 1 unspecified atom stereocenters. The highest BCUT2D eigenvalue weighted by atomic mass is 16.5. The van der Waals surface area contributed by atoms with Gasteiger partial charge in [-0.1, -0.05) is 6.58 Å². The molecule has 2 amide bonds. The molecule has 4 N–H and O–H groups in total. The van der Waals surface area contributed by atoms with Crippen molar-refractivity contribution in [1.82, 2.24) is 34.6 Å². The lowest BCUT2D eigenvalue weighted by molar-refractivity contribution is -0.127. The van der Waals surface area contributed by atoms with Crippen molar-refractivity contribution in [3.63, 3.8) is 0 Å². The molecule has 1 saturated carbocycles. The van der Waals surface area contributed by atoms with Crippen molar-refractivity contribution in [3.05, 3.63) is 48.8 Å². The Labute approximate surface area is 213 Å². The average molecular weight is 505 g/mol. The van der Waals surface area contributed by atoms with Gasteiger partial charge in [0.25, 0.3) is 5.91 Å². The molecule has 0 spiro atoms. The quantitative estimate of drug-likeness (QED) is 0.368. The molecule has 3 aromatic heterocycles. The molecule has 1 atom stereocenters. The molecule has 1 aliphatic carbocycles. The van der Waals surface area contributed by atoms with Crippen LogP contribution < -0.4 is 21.1 Å². The second-order valence-corrected chi connectivity index (χ2v) is 8.98. The first kappa shape index (κ1) is 24.2. The molecule has 1 aliphatic heterocycles. The van der Waals surface area contributed by atoms with E-state index in [0.717, 1.165) is 31.4 Å². The Bertz CT molecular complexity index is 1340. The summed E-state index contributed by atoms with van der Waals surface area (Å²) in [5, 5.41) is 10.7. The van der Waals surface area contributed by atoms with E-state index in [1.165, 1.54) is 25.7 Å². The summed E-state index contributed by atoms with van der Waals surface area (Å²) in [7, 11) is 1.52. The van der Waals surface area contributed by atoms with Crippen LogP contribution in [0.1, 0.15) is 53.7 Å². The molecule has 0 bridgehead atoms. The van der Waals surface area contributed by atoms with Gasteiger partial charge in [-0.15, -0.1) is 0 Å². The van der Waals surface area contributed by atoms with E-state index in [-0.39, 0.29) is 29.3 Å². The number of rotatable bonds is 9. The summed E-state index contributed by atoms with van der Waals surface area (Å²) >= 11 is 0. The fourth-order valence-electron chi connectivity index (χ4n) is 4.39. The monoisotopic (exact) mass is 504 g/mol. The van der Waals surface area contributed by atoms with Gasteiger partial charge in [0.15, 0.2) is 0 Å². The number of anilines is 4. The van der Waals surface area contributed by atoms with E-state index in [9.17, 15) is 9.59 Å². The van der Waals surface area contributed by atoms with E-state index >= 15 is 0 Å². The number of primary amides is 1. The summed E-state index contributed by atoms with van der Waals surface area (Å²) in [6, 6.07) is 0.0509. The maximum absolute atomic E-state index is 12.1. The standard InChI is InChI=1S/C24H28N10O3/c1-3-18(35)33-8-4-5-16(12-33)34-11-15(9-29-34)30-24-26-10-17(21(25)36)22(32-24)31-20-19(14-6-7-14)27-13-28-23(20)37-2/h3,9-11,13-14,16H,1,4-8,12H2,2H3,(H2,25,36)(H2,26,30,31,32). The molecular formula is C24H28N10O3. The van der Waals surface area contributed by atoms with Crippen LogP contribution in [-0.2, 0) is 4.79 Å². The average Bonchev–Trinajstić information content (AvgIpc) is 3.66. The second kappa shape index (κ2) is 10.2. The van der Waals surface area contributed by atoms with Crippen molar-refractivity contribution in [1.29, 1.82) is 0 Å². The van der Waals surface area contributed by atoms with Crippen LogP contribution in [0.5, 0.6) is 5.88 Å². The minimum Gasteiger partial charge on any atom is -0.479 e. The number of aromatic nitrogens is 6. The predicted octanol–water partition coefficient (Wildman–Crippen LogP) is 2.28. The van der Waals surface area contributed by atoms with Gasteiger partial charge in [0, 0.05) is 31.4 Å². The molecule has 0 aromatic carbocycles. The second-order valence-electron chi connectivity index (χ2n) is 8.98. The molecule has 2 aliphatic rings. The van der Waals surface area contributed by atoms with Crippen LogP contribution in [-0.4, -0.2) is 66.6 Å². The van der Waals surface area contributed by atoms with E-state index in [1.54, 1.807) is 11.1 Å². The number of methoxy groups -OCH3 is 1. The first-order chi connectivity index (χ1) is 18.0. The number of nitrogens with two attached hydrogens (primary N) is 1. The van der Waals surface area contributed by atoms with Crippen molar-refractivity contribution >= 4 is 35.0 Å². The Kier molecular flexibility index (Phi) is 6.66. The maximum Gasteiger partial charge on any atom is 0.254 e. The van der Waals surface area contributed by atoms with Crippen LogP contribution in [0.25, 0.3) is 0 Å². The van der Waals surface area contributed by atoms with Crippen molar-refractivity contribution < 1.29 is 14.3 Å². The SMILES string of the molecule is C=CC(=O)N1CCCC(n2cc(Nc3ncc(C(N)=O)c(Nc4c(OC)ncnc4C4CC4)n3)cn2)C1. The van der Waals surface area contributed by atoms with Crippen molar-refractivity contribution in [2.75, 3.05) is 30.8 Å². The Balaban J connectivity index is 1.38. The smallest absolute Gasteiger partial charge is 0.254 e. The van der Waals surface area contributed by atoms with Crippen molar-refractivity contribution in [2.45, 2.75) is 37.6 Å². The van der Waals surface area contributed by atoms with Gasteiger partial charge in [0.2, 0.25) is 17.7 Å². The number of hydrogen-bond acceptors (Lipinski definition) is 10. The van der Waals surface area contributed by atoms with E-state index in [0.29, 0.717) is 36.3 Å². The molecular weight excluding hydrogens is 476 g/mol. The first-order valence-electron chi connectivity index (χ1n) is 12.0. The highest BCUT2D eigenvalue weighted by Crippen LogP contribution is 2.45. The lowest BCUT2D eigenvalue weighted by Crippen LogP contribution is -2.39. The van der Waals surface area contributed by atoms with Crippen LogP contribution in [0, 0.1) is 0 Å². The molecule has 37 heavy (non-hydrogen) atoms. The van der Waals surface area contributed by atoms with Crippen LogP contribution >= 0.6 is 0 Å². The number of likely N-dealkylation sites (tertiary alicyclic amines) is 1. The van der Waals surface area contributed by atoms with Gasteiger partial charge in [0.1, 0.15) is 23.4 Å². The van der Waals surface area contributed by atoms with Crippen molar-refractivity contribution in [3.8, 4) is 5.88 Å². The summed E-state index contributed by atoms with van der Waals surface area (Å²) < 4.78 is 7.25. The number of carbonyl (C=O) groups is 2. The molecule has 192 valence electrons. The summed E-state index contributed by atoms with van der Waals surface area (Å²) in [5.41, 5.74) is 7.71. The third-order valence-electron chi connectivity index (χ3n) is 6.41. The van der Waals surface area contributed by atoms with E-state index in [1.807, 2.05) is 10.9 Å². The summed E-state index contributed by atoms with van der Waals surface area (Å²) in [5.74, 6) is 0.323. The van der Waals surface area contributed by atoms with Gasteiger partial charge < -0.3 is 26.0 Å². The fourth-order valence-corrected chi connectivity index (χ4v) is 4.39. The number of hydrogen-bond donors (Lipinski definition) is 3. The minimum absolute atomic E-state index is 0.0509. The zero-order valence-electron chi connectivity index (χ0n) is 20.4. The third kappa shape index (κ3) is 5.20. The first-order valence-corrected chi connectivity index (χ1v) is 12.0. The largest absolute Gasteiger partial charge is 0.479 e. The lowest BCUT2D eigenvalue weighted by atomic mass is 10.1. The van der Waals surface area contributed by atoms with E-state index in [4.69, 9.17) is 10.5 Å². The number of nitrogens with zero attached hydrogens (tertiary/aromatic N) is 7. The van der Waals surface area contributed by atoms with E-state index in [2.05, 4.69) is 42.2 Å². The molecule has 13 heteroatoms.